The summed E-state index contributed by atoms with van der Waals surface area (Å²) in [7, 11) is 0. The quantitative estimate of drug-likeness (QED) is 0.613. The molecule has 24 heavy (non-hydrogen) atoms. The predicted octanol–water partition coefficient (Wildman–Crippen LogP) is 1.78. The maximum atomic E-state index is 11.7. The Bertz CT molecular complexity index is 556. The van der Waals surface area contributed by atoms with Crippen molar-refractivity contribution in [3.8, 4) is 0 Å². The van der Waals surface area contributed by atoms with E-state index in [2.05, 4.69) is 16.0 Å². The van der Waals surface area contributed by atoms with Crippen molar-refractivity contribution in [3.63, 3.8) is 0 Å². The highest BCUT2D eigenvalue weighted by molar-refractivity contribution is 5.78. The molecule has 0 saturated heterocycles. The van der Waals surface area contributed by atoms with Crippen LogP contribution in [0.2, 0.25) is 0 Å². The van der Waals surface area contributed by atoms with Crippen LogP contribution in [0.4, 0.5) is 4.79 Å². The van der Waals surface area contributed by atoms with Gasteiger partial charge in [-0.2, -0.15) is 0 Å². The SMILES string of the molecule is Cc1ccccc1[C@@H](O)CNC(=O)NCCC(=O)NC1CCCC1. The van der Waals surface area contributed by atoms with Crippen LogP contribution in [0, 0.1) is 6.92 Å². The molecule has 0 aliphatic heterocycles. The molecule has 3 amide bonds. The third-order valence-corrected chi connectivity index (χ3v) is 4.36. The van der Waals surface area contributed by atoms with Crippen molar-refractivity contribution >= 4 is 11.9 Å². The zero-order valence-corrected chi connectivity index (χ0v) is 14.2. The molecule has 1 saturated carbocycles. The van der Waals surface area contributed by atoms with Gasteiger partial charge >= 0.3 is 6.03 Å². The lowest BCUT2D eigenvalue weighted by atomic mass is 10.0. The van der Waals surface area contributed by atoms with Crippen LogP contribution in [0.25, 0.3) is 0 Å². The van der Waals surface area contributed by atoms with Gasteiger partial charge in [-0.1, -0.05) is 37.1 Å². The van der Waals surface area contributed by atoms with Crippen LogP contribution in [0.5, 0.6) is 0 Å². The fraction of sp³-hybridized carbons (Fsp3) is 0.556. The Kier molecular flexibility index (Phi) is 7.06. The van der Waals surface area contributed by atoms with E-state index in [1.165, 1.54) is 12.8 Å². The lowest BCUT2D eigenvalue weighted by Crippen LogP contribution is -2.40. The maximum Gasteiger partial charge on any atom is 0.314 e. The van der Waals surface area contributed by atoms with E-state index >= 15 is 0 Å². The van der Waals surface area contributed by atoms with Gasteiger partial charge in [0.25, 0.3) is 0 Å². The number of rotatable bonds is 7. The highest BCUT2D eigenvalue weighted by Gasteiger charge is 2.17. The van der Waals surface area contributed by atoms with E-state index in [1.807, 2.05) is 31.2 Å². The molecule has 0 spiro atoms. The lowest BCUT2D eigenvalue weighted by Gasteiger charge is -2.15. The van der Waals surface area contributed by atoms with E-state index in [9.17, 15) is 14.7 Å². The molecular formula is C18H27N3O3. The van der Waals surface area contributed by atoms with Gasteiger partial charge in [0, 0.05) is 25.6 Å². The van der Waals surface area contributed by atoms with Crippen LogP contribution in [0.15, 0.2) is 24.3 Å². The summed E-state index contributed by atoms with van der Waals surface area (Å²) < 4.78 is 0. The van der Waals surface area contributed by atoms with Gasteiger partial charge in [0.1, 0.15) is 0 Å². The van der Waals surface area contributed by atoms with Crippen molar-refractivity contribution in [2.45, 2.75) is 51.2 Å². The average molecular weight is 333 g/mol. The molecule has 1 aliphatic carbocycles. The lowest BCUT2D eigenvalue weighted by molar-refractivity contribution is -0.121. The third kappa shape index (κ3) is 5.85. The first-order chi connectivity index (χ1) is 11.6. The first kappa shape index (κ1) is 18.3. The molecule has 6 heteroatoms. The van der Waals surface area contributed by atoms with E-state index in [0.29, 0.717) is 6.04 Å². The molecular weight excluding hydrogens is 306 g/mol. The van der Waals surface area contributed by atoms with Gasteiger partial charge in [-0.05, 0) is 30.9 Å². The van der Waals surface area contributed by atoms with Crippen LogP contribution < -0.4 is 16.0 Å². The molecule has 1 aliphatic rings. The van der Waals surface area contributed by atoms with Crippen LogP contribution in [0.3, 0.4) is 0 Å². The molecule has 0 radical (unpaired) electrons. The van der Waals surface area contributed by atoms with Gasteiger partial charge in [-0.25, -0.2) is 4.79 Å². The molecule has 0 heterocycles. The number of aryl methyl sites for hydroxylation is 1. The summed E-state index contributed by atoms with van der Waals surface area (Å²) in [5.41, 5.74) is 1.78. The summed E-state index contributed by atoms with van der Waals surface area (Å²) >= 11 is 0. The normalized spacial score (nSPS) is 15.8. The highest BCUT2D eigenvalue weighted by atomic mass is 16.3. The summed E-state index contributed by atoms with van der Waals surface area (Å²) in [6.07, 6.45) is 3.98. The largest absolute Gasteiger partial charge is 0.387 e. The van der Waals surface area contributed by atoms with Gasteiger partial charge < -0.3 is 21.1 Å². The number of amides is 3. The minimum atomic E-state index is -0.748. The van der Waals surface area contributed by atoms with Gasteiger partial charge in [0.2, 0.25) is 5.91 Å². The number of carbonyl (C=O) groups is 2. The zero-order chi connectivity index (χ0) is 17.4. The molecule has 1 aromatic carbocycles. The topological polar surface area (TPSA) is 90.5 Å². The molecule has 1 aromatic rings. The Hall–Kier alpha value is -2.08. The van der Waals surface area contributed by atoms with Crippen molar-refractivity contribution in [2.75, 3.05) is 13.1 Å². The second-order valence-electron chi connectivity index (χ2n) is 6.31. The second kappa shape index (κ2) is 9.27. The first-order valence-electron chi connectivity index (χ1n) is 8.61. The maximum absolute atomic E-state index is 11.7. The first-order valence-corrected chi connectivity index (χ1v) is 8.61. The van der Waals surface area contributed by atoms with Crippen LogP contribution in [-0.2, 0) is 4.79 Å². The molecule has 2 rings (SSSR count). The minimum absolute atomic E-state index is 0.0258. The Labute approximate surface area is 143 Å². The van der Waals surface area contributed by atoms with Crippen molar-refractivity contribution in [1.82, 2.24) is 16.0 Å². The number of urea groups is 1. The number of aliphatic hydroxyl groups is 1. The van der Waals surface area contributed by atoms with Crippen LogP contribution in [-0.4, -0.2) is 36.2 Å². The molecule has 132 valence electrons. The average Bonchev–Trinajstić information content (AvgIpc) is 3.06. The number of nitrogens with one attached hydrogen (secondary N) is 3. The van der Waals surface area contributed by atoms with E-state index in [4.69, 9.17) is 0 Å². The second-order valence-corrected chi connectivity index (χ2v) is 6.31. The van der Waals surface area contributed by atoms with E-state index < -0.39 is 6.10 Å². The Morgan fingerprint density at radius 2 is 1.92 bits per heavy atom. The van der Waals surface area contributed by atoms with E-state index in [-0.39, 0.29) is 31.4 Å². The summed E-state index contributed by atoms with van der Waals surface area (Å²) in [6, 6.07) is 7.44. The number of hydrogen-bond donors (Lipinski definition) is 4. The summed E-state index contributed by atoms with van der Waals surface area (Å²) in [5, 5.41) is 18.4. The van der Waals surface area contributed by atoms with Gasteiger partial charge in [0.15, 0.2) is 0 Å². The van der Waals surface area contributed by atoms with Crippen molar-refractivity contribution in [1.29, 1.82) is 0 Å². The van der Waals surface area contributed by atoms with Crippen molar-refractivity contribution in [3.05, 3.63) is 35.4 Å². The predicted molar refractivity (Wildman–Crippen MR) is 92.6 cm³/mol. The third-order valence-electron chi connectivity index (χ3n) is 4.36. The molecule has 1 fully saturated rings. The van der Waals surface area contributed by atoms with Crippen molar-refractivity contribution in [2.24, 2.45) is 0 Å². The molecule has 6 nitrogen and oxygen atoms in total. The number of hydrogen-bond acceptors (Lipinski definition) is 3. The number of aliphatic hydroxyl groups excluding tert-OH is 1. The monoisotopic (exact) mass is 333 g/mol. The van der Waals surface area contributed by atoms with E-state index in [0.717, 1.165) is 24.0 Å². The molecule has 4 N–H and O–H groups in total. The van der Waals surface area contributed by atoms with Crippen LogP contribution in [0.1, 0.15) is 49.3 Å². The Balaban J connectivity index is 1.61. The van der Waals surface area contributed by atoms with E-state index in [1.54, 1.807) is 0 Å². The number of carbonyl (C=O) groups excluding carboxylic acids is 2. The molecule has 0 aromatic heterocycles. The summed E-state index contributed by atoms with van der Waals surface area (Å²) in [6.45, 7) is 2.33. The molecule has 0 bridgehead atoms. The van der Waals surface area contributed by atoms with Gasteiger partial charge in [-0.15, -0.1) is 0 Å². The van der Waals surface area contributed by atoms with Crippen LogP contribution >= 0.6 is 0 Å². The highest BCUT2D eigenvalue weighted by Crippen LogP contribution is 2.17. The van der Waals surface area contributed by atoms with Gasteiger partial charge in [-0.3, -0.25) is 4.79 Å². The fourth-order valence-electron chi connectivity index (χ4n) is 2.98. The summed E-state index contributed by atoms with van der Waals surface area (Å²) in [4.78, 5) is 23.5. The zero-order valence-electron chi connectivity index (χ0n) is 14.2. The Morgan fingerprint density at radius 1 is 1.21 bits per heavy atom. The molecule has 0 unspecified atom stereocenters. The van der Waals surface area contributed by atoms with Gasteiger partial charge in [0.05, 0.1) is 6.10 Å². The molecule has 1 atom stereocenters. The Morgan fingerprint density at radius 3 is 2.62 bits per heavy atom. The minimum Gasteiger partial charge on any atom is -0.387 e. The fourth-order valence-corrected chi connectivity index (χ4v) is 2.98. The summed E-state index contributed by atoms with van der Waals surface area (Å²) in [5.74, 6) is -0.0258. The smallest absolute Gasteiger partial charge is 0.314 e. The standard InChI is InChI=1S/C18H27N3O3/c1-13-6-2-5-9-15(13)16(22)12-20-18(24)19-11-10-17(23)21-14-7-3-4-8-14/h2,5-6,9,14,16,22H,3-4,7-8,10-12H2,1H3,(H,21,23)(H2,19,20,24)/t16-/m0/s1. The number of benzene rings is 1. The van der Waals surface area contributed by atoms with Crippen molar-refractivity contribution < 1.29 is 14.7 Å².